The summed E-state index contributed by atoms with van der Waals surface area (Å²) < 4.78 is 1.14. The van der Waals surface area contributed by atoms with Gasteiger partial charge in [0.25, 0.3) is 0 Å². The van der Waals surface area contributed by atoms with E-state index in [1.54, 1.807) is 23.5 Å². The second-order valence-corrected chi connectivity index (χ2v) is 3.32. The minimum Gasteiger partial charge on any atom is -0.123 e. The Morgan fingerprint density at radius 2 is 2.25 bits per heavy atom. The Bertz CT molecular complexity index is 94.7. The van der Waals surface area contributed by atoms with E-state index in [0.29, 0.717) is 0 Å². The first-order valence-corrected chi connectivity index (χ1v) is 4.42. The van der Waals surface area contributed by atoms with Crippen molar-refractivity contribution < 1.29 is 0 Å². The predicted molar refractivity (Wildman–Crippen MR) is 45.1 cm³/mol. The van der Waals surface area contributed by atoms with Gasteiger partial charge in [0, 0.05) is 4.24 Å². The molecule has 46 valence electrons. The standard InChI is InChI=1S/C6H10S2/c1-4-5-8-6(2)7-3/h4-5H,2H2,1,3H3/b5-4-. The molecule has 0 N–H and O–H groups in total. The molecule has 0 aromatic heterocycles. The Kier molecular flexibility index (Phi) is 5.44. The van der Waals surface area contributed by atoms with Crippen LogP contribution >= 0.6 is 23.5 Å². The third-order valence-electron chi connectivity index (χ3n) is 0.563. The van der Waals surface area contributed by atoms with Gasteiger partial charge in [-0.1, -0.05) is 24.4 Å². The molecule has 0 saturated heterocycles. The molecule has 0 heterocycles. The zero-order chi connectivity index (χ0) is 6.41. The molecular weight excluding hydrogens is 136 g/mol. The fourth-order valence-electron chi connectivity index (χ4n) is 0.192. The van der Waals surface area contributed by atoms with Crippen LogP contribution in [0.4, 0.5) is 0 Å². The lowest BCUT2D eigenvalue weighted by Crippen LogP contribution is -1.55. The fourth-order valence-corrected chi connectivity index (χ4v) is 1.03. The molecule has 0 aliphatic rings. The summed E-state index contributed by atoms with van der Waals surface area (Å²) in [5.41, 5.74) is 0. The average molecular weight is 146 g/mol. The Morgan fingerprint density at radius 1 is 1.62 bits per heavy atom. The van der Waals surface area contributed by atoms with E-state index in [4.69, 9.17) is 0 Å². The van der Waals surface area contributed by atoms with E-state index in [1.165, 1.54) is 0 Å². The normalized spacial score (nSPS) is 10.2. The summed E-state index contributed by atoms with van der Waals surface area (Å²) in [7, 11) is 0. The molecule has 0 aliphatic carbocycles. The first-order valence-electron chi connectivity index (χ1n) is 2.32. The van der Waals surface area contributed by atoms with Crippen molar-refractivity contribution in [1.82, 2.24) is 0 Å². The highest BCUT2D eigenvalue weighted by atomic mass is 32.2. The lowest BCUT2D eigenvalue weighted by atomic mass is 10.8. The maximum atomic E-state index is 3.79. The minimum atomic E-state index is 1.14. The van der Waals surface area contributed by atoms with E-state index in [9.17, 15) is 0 Å². The van der Waals surface area contributed by atoms with Gasteiger partial charge in [-0.25, -0.2) is 0 Å². The molecule has 0 radical (unpaired) electrons. The van der Waals surface area contributed by atoms with Gasteiger partial charge in [-0.2, -0.15) is 0 Å². The summed E-state index contributed by atoms with van der Waals surface area (Å²) in [5.74, 6) is 0. The van der Waals surface area contributed by atoms with Crippen LogP contribution in [0.3, 0.4) is 0 Å². The van der Waals surface area contributed by atoms with Crippen LogP contribution in [0.1, 0.15) is 6.92 Å². The Balaban J connectivity index is 3.25. The maximum absolute atomic E-state index is 3.79. The van der Waals surface area contributed by atoms with E-state index in [1.807, 2.05) is 24.7 Å². The molecule has 0 aromatic rings. The highest BCUT2D eigenvalue weighted by molar-refractivity contribution is 8.23. The molecule has 2 heteroatoms. The van der Waals surface area contributed by atoms with Crippen LogP contribution in [-0.2, 0) is 0 Å². The first kappa shape index (κ1) is 8.18. The molecule has 0 atom stereocenters. The summed E-state index contributed by atoms with van der Waals surface area (Å²) in [4.78, 5) is 0. The quantitative estimate of drug-likeness (QED) is 0.600. The predicted octanol–water partition coefficient (Wildman–Crippen LogP) is 3.09. The molecule has 0 unspecified atom stereocenters. The van der Waals surface area contributed by atoms with Crippen LogP contribution in [0.25, 0.3) is 0 Å². The number of hydrogen-bond donors (Lipinski definition) is 0. The monoisotopic (exact) mass is 146 g/mol. The van der Waals surface area contributed by atoms with Crippen molar-refractivity contribution in [3.05, 3.63) is 22.3 Å². The molecule has 0 amide bonds. The molecule has 8 heavy (non-hydrogen) atoms. The molecule has 0 nitrogen and oxygen atoms in total. The van der Waals surface area contributed by atoms with Crippen LogP contribution < -0.4 is 0 Å². The van der Waals surface area contributed by atoms with Crippen molar-refractivity contribution in [2.75, 3.05) is 6.26 Å². The van der Waals surface area contributed by atoms with Crippen molar-refractivity contribution in [2.24, 2.45) is 0 Å². The Hall–Kier alpha value is 0.180. The van der Waals surface area contributed by atoms with E-state index < -0.39 is 0 Å². The van der Waals surface area contributed by atoms with Crippen molar-refractivity contribution in [2.45, 2.75) is 6.92 Å². The number of allylic oxidation sites excluding steroid dienone is 1. The minimum absolute atomic E-state index is 1.14. The lowest BCUT2D eigenvalue weighted by Gasteiger charge is -1.91. The molecule has 0 rings (SSSR count). The Morgan fingerprint density at radius 3 is 2.62 bits per heavy atom. The maximum Gasteiger partial charge on any atom is 0.0369 e. The second-order valence-electron chi connectivity index (χ2n) is 1.16. The molecular formula is C6H10S2. The summed E-state index contributed by atoms with van der Waals surface area (Å²) in [6.45, 7) is 5.79. The SMILES string of the molecule is C=C(SC)S/C=C\C. The highest BCUT2D eigenvalue weighted by Gasteiger charge is 1.82. The smallest absolute Gasteiger partial charge is 0.0369 e. The van der Waals surface area contributed by atoms with Gasteiger partial charge in [0.2, 0.25) is 0 Å². The molecule has 0 aliphatic heterocycles. The topological polar surface area (TPSA) is 0 Å². The summed E-state index contributed by atoms with van der Waals surface area (Å²) in [6, 6.07) is 0. The van der Waals surface area contributed by atoms with E-state index in [-0.39, 0.29) is 0 Å². The van der Waals surface area contributed by atoms with Crippen LogP contribution in [0.2, 0.25) is 0 Å². The number of rotatable bonds is 3. The molecule has 0 spiro atoms. The van der Waals surface area contributed by atoms with Crippen molar-refractivity contribution in [3.8, 4) is 0 Å². The molecule has 0 aromatic carbocycles. The van der Waals surface area contributed by atoms with Crippen molar-refractivity contribution in [3.63, 3.8) is 0 Å². The molecule has 0 bridgehead atoms. The van der Waals surface area contributed by atoms with Gasteiger partial charge in [-0.3, -0.25) is 0 Å². The zero-order valence-electron chi connectivity index (χ0n) is 5.18. The van der Waals surface area contributed by atoms with E-state index >= 15 is 0 Å². The van der Waals surface area contributed by atoms with Gasteiger partial charge in [0.1, 0.15) is 0 Å². The molecule has 0 saturated carbocycles. The van der Waals surface area contributed by atoms with Crippen LogP contribution in [0.5, 0.6) is 0 Å². The second kappa shape index (κ2) is 5.32. The van der Waals surface area contributed by atoms with Gasteiger partial charge in [0.05, 0.1) is 0 Å². The summed E-state index contributed by atoms with van der Waals surface area (Å²) in [5, 5.41) is 2.03. The number of hydrogen-bond acceptors (Lipinski definition) is 2. The summed E-state index contributed by atoms with van der Waals surface area (Å²) in [6.07, 6.45) is 4.03. The number of thioether (sulfide) groups is 2. The van der Waals surface area contributed by atoms with E-state index in [2.05, 4.69) is 6.58 Å². The average Bonchev–Trinajstić information content (AvgIpc) is 1.83. The van der Waals surface area contributed by atoms with Gasteiger partial charge < -0.3 is 0 Å². The van der Waals surface area contributed by atoms with Gasteiger partial charge in [-0.05, 0) is 18.6 Å². The van der Waals surface area contributed by atoms with Crippen LogP contribution in [0, 0.1) is 0 Å². The summed E-state index contributed by atoms with van der Waals surface area (Å²) >= 11 is 3.35. The van der Waals surface area contributed by atoms with Crippen LogP contribution in [-0.4, -0.2) is 6.26 Å². The van der Waals surface area contributed by atoms with Gasteiger partial charge in [-0.15, -0.1) is 11.8 Å². The largest absolute Gasteiger partial charge is 0.123 e. The van der Waals surface area contributed by atoms with Crippen LogP contribution in [0.15, 0.2) is 22.3 Å². The molecule has 0 fully saturated rings. The first-order chi connectivity index (χ1) is 3.81. The lowest BCUT2D eigenvalue weighted by molar-refractivity contribution is 1.79. The van der Waals surface area contributed by atoms with Gasteiger partial charge in [0.15, 0.2) is 0 Å². The van der Waals surface area contributed by atoms with Gasteiger partial charge >= 0.3 is 0 Å². The van der Waals surface area contributed by atoms with E-state index in [0.717, 1.165) is 4.24 Å². The third kappa shape index (κ3) is 4.34. The highest BCUT2D eigenvalue weighted by Crippen LogP contribution is 2.23. The van der Waals surface area contributed by atoms with Crippen molar-refractivity contribution >= 4 is 23.5 Å². The zero-order valence-corrected chi connectivity index (χ0v) is 6.81. The Labute approximate surface area is 59.4 Å². The van der Waals surface area contributed by atoms with Crippen molar-refractivity contribution in [1.29, 1.82) is 0 Å². The fraction of sp³-hybridized carbons (Fsp3) is 0.333. The third-order valence-corrected chi connectivity index (χ3v) is 2.48.